The minimum atomic E-state index is -0.441. The van der Waals surface area contributed by atoms with E-state index >= 15 is 0 Å². The van der Waals surface area contributed by atoms with E-state index in [1.54, 1.807) is 0 Å². The second-order valence-electron chi connectivity index (χ2n) is 7.84. The Balaban J connectivity index is 1.61. The van der Waals surface area contributed by atoms with Crippen molar-refractivity contribution in [1.82, 2.24) is 19.8 Å². The lowest BCUT2D eigenvalue weighted by molar-refractivity contribution is 0.0192. The quantitative estimate of drug-likeness (QED) is 0.833. The third-order valence-electron chi connectivity index (χ3n) is 4.61. The maximum absolute atomic E-state index is 12.4. The summed E-state index contributed by atoms with van der Waals surface area (Å²) in [5, 5.41) is 0. The summed E-state index contributed by atoms with van der Waals surface area (Å²) in [5.41, 5.74) is 1.95. The van der Waals surface area contributed by atoms with Crippen molar-refractivity contribution < 1.29 is 9.53 Å². The molecular weight excluding hydrogens is 304 g/mol. The van der Waals surface area contributed by atoms with Crippen molar-refractivity contribution in [3.8, 4) is 0 Å². The average Bonchev–Trinajstić information content (AvgIpc) is 2.94. The van der Waals surface area contributed by atoms with E-state index in [9.17, 15) is 4.79 Å². The Bertz CT molecular complexity index is 612. The number of aryl methyl sites for hydroxylation is 1. The van der Waals surface area contributed by atoms with Gasteiger partial charge < -0.3 is 9.64 Å². The fourth-order valence-corrected chi connectivity index (χ4v) is 3.51. The van der Waals surface area contributed by atoms with E-state index in [0.29, 0.717) is 0 Å². The lowest BCUT2D eigenvalue weighted by Crippen LogP contribution is -2.46. The van der Waals surface area contributed by atoms with Crippen LogP contribution >= 0.6 is 0 Å². The molecule has 0 saturated carbocycles. The van der Waals surface area contributed by atoms with Crippen LogP contribution in [0.3, 0.4) is 0 Å². The number of ether oxygens (including phenoxy) is 1. The van der Waals surface area contributed by atoms with Gasteiger partial charge >= 0.3 is 6.09 Å². The third-order valence-corrected chi connectivity index (χ3v) is 4.61. The van der Waals surface area contributed by atoms with Crippen molar-refractivity contribution in [2.75, 3.05) is 19.6 Å². The van der Waals surface area contributed by atoms with Crippen LogP contribution in [0.15, 0.2) is 6.20 Å². The molecule has 1 aromatic rings. The minimum absolute atomic E-state index is 0.179. The average molecular weight is 332 g/mol. The first-order valence-corrected chi connectivity index (χ1v) is 8.85. The van der Waals surface area contributed by atoms with E-state index in [1.807, 2.05) is 38.8 Å². The highest BCUT2D eigenvalue weighted by molar-refractivity contribution is 5.69. The maximum Gasteiger partial charge on any atom is 0.410 e. The monoisotopic (exact) mass is 332 g/mol. The van der Waals surface area contributed by atoms with Gasteiger partial charge in [0, 0.05) is 56.1 Å². The topological polar surface area (TPSA) is 58.6 Å². The molecule has 1 fully saturated rings. The number of carbonyl (C=O) groups excluding carboxylic acids is 1. The first kappa shape index (κ1) is 17.1. The molecule has 0 N–H and O–H groups in total. The summed E-state index contributed by atoms with van der Waals surface area (Å²) in [6, 6.07) is 0.243. The SMILES string of the molecule is Cc1ncc2c(n1)CCN(CC1CCCN1C(=O)OC(C)(C)C)C2. The van der Waals surface area contributed by atoms with Gasteiger partial charge in [0.25, 0.3) is 0 Å². The standard InChI is InChI=1S/C18H28N4O2/c1-13-19-10-14-11-21(9-7-16(14)20-13)12-15-6-5-8-22(15)17(23)24-18(2,3)4/h10,15H,5-9,11-12H2,1-4H3. The third kappa shape index (κ3) is 4.04. The smallest absolute Gasteiger partial charge is 0.410 e. The van der Waals surface area contributed by atoms with E-state index in [4.69, 9.17) is 4.74 Å². The number of nitrogens with zero attached hydrogens (tertiary/aromatic N) is 4. The molecule has 132 valence electrons. The number of aromatic nitrogens is 2. The molecule has 0 aliphatic carbocycles. The number of rotatable bonds is 2. The Morgan fingerprint density at radius 2 is 2.17 bits per heavy atom. The highest BCUT2D eigenvalue weighted by Gasteiger charge is 2.33. The van der Waals surface area contributed by atoms with Crippen LogP contribution in [0.5, 0.6) is 0 Å². The Hall–Kier alpha value is -1.69. The normalized spacial score (nSPS) is 21.7. The molecule has 3 heterocycles. The van der Waals surface area contributed by atoms with Crippen LogP contribution in [0.2, 0.25) is 0 Å². The van der Waals surface area contributed by atoms with Gasteiger partial charge in [-0.1, -0.05) is 0 Å². The van der Waals surface area contributed by atoms with Crippen LogP contribution in [-0.4, -0.2) is 57.1 Å². The van der Waals surface area contributed by atoms with Crippen LogP contribution in [0.4, 0.5) is 4.79 Å². The molecule has 1 amide bonds. The zero-order valence-corrected chi connectivity index (χ0v) is 15.2. The molecule has 2 aliphatic heterocycles. The summed E-state index contributed by atoms with van der Waals surface area (Å²) in [6.07, 6.45) is 4.83. The number of hydrogen-bond acceptors (Lipinski definition) is 5. The molecule has 3 rings (SSSR count). The minimum Gasteiger partial charge on any atom is -0.444 e. The van der Waals surface area contributed by atoms with Gasteiger partial charge in [-0.25, -0.2) is 14.8 Å². The zero-order chi connectivity index (χ0) is 17.3. The van der Waals surface area contributed by atoms with E-state index in [0.717, 1.165) is 51.3 Å². The molecule has 0 aromatic carbocycles. The van der Waals surface area contributed by atoms with E-state index in [1.165, 1.54) is 11.3 Å². The Kier molecular flexibility index (Phi) is 4.76. The van der Waals surface area contributed by atoms with Gasteiger partial charge in [0.05, 0.1) is 0 Å². The van der Waals surface area contributed by atoms with E-state index in [2.05, 4.69) is 14.9 Å². The Labute approximate surface area is 144 Å². The first-order chi connectivity index (χ1) is 11.3. The molecule has 0 spiro atoms. The molecular formula is C18H28N4O2. The van der Waals surface area contributed by atoms with E-state index in [-0.39, 0.29) is 12.1 Å². The van der Waals surface area contributed by atoms with Crippen molar-refractivity contribution in [2.45, 2.75) is 65.1 Å². The molecule has 0 bridgehead atoms. The van der Waals surface area contributed by atoms with Crippen LogP contribution < -0.4 is 0 Å². The van der Waals surface area contributed by atoms with Crippen LogP contribution in [0.25, 0.3) is 0 Å². The van der Waals surface area contributed by atoms with Crippen LogP contribution in [0.1, 0.15) is 50.7 Å². The molecule has 0 radical (unpaired) electrons. The fourth-order valence-electron chi connectivity index (χ4n) is 3.51. The van der Waals surface area contributed by atoms with Crippen LogP contribution in [0, 0.1) is 6.92 Å². The van der Waals surface area contributed by atoms with Gasteiger partial charge in [-0.15, -0.1) is 0 Å². The van der Waals surface area contributed by atoms with Crippen LogP contribution in [-0.2, 0) is 17.7 Å². The predicted octanol–water partition coefficient (Wildman–Crippen LogP) is 2.54. The largest absolute Gasteiger partial charge is 0.444 e. The molecule has 1 unspecified atom stereocenters. The Morgan fingerprint density at radius 1 is 1.38 bits per heavy atom. The zero-order valence-electron chi connectivity index (χ0n) is 15.2. The van der Waals surface area contributed by atoms with Crippen molar-refractivity contribution in [2.24, 2.45) is 0 Å². The summed E-state index contributed by atoms with van der Waals surface area (Å²) in [4.78, 5) is 25.6. The summed E-state index contributed by atoms with van der Waals surface area (Å²) in [5.74, 6) is 0.842. The lowest BCUT2D eigenvalue weighted by atomic mass is 10.1. The molecule has 1 saturated heterocycles. The summed E-state index contributed by atoms with van der Waals surface area (Å²) in [7, 11) is 0. The summed E-state index contributed by atoms with van der Waals surface area (Å²) < 4.78 is 5.56. The summed E-state index contributed by atoms with van der Waals surface area (Å²) in [6.45, 7) is 11.2. The van der Waals surface area contributed by atoms with Gasteiger partial charge in [0.2, 0.25) is 0 Å². The van der Waals surface area contributed by atoms with Crippen molar-refractivity contribution >= 4 is 6.09 Å². The highest BCUT2D eigenvalue weighted by atomic mass is 16.6. The second kappa shape index (κ2) is 6.67. The molecule has 6 heteroatoms. The molecule has 6 nitrogen and oxygen atoms in total. The molecule has 24 heavy (non-hydrogen) atoms. The van der Waals surface area contributed by atoms with Crippen molar-refractivity contribution in [1.29, 1.82) is 0 Å². The maximum atomic E-state index is 12.4. The van der Waals surface area contributed by atoms with Gasteiger partial charge in [0.15, 0.2) is 0 Å². The lowest BCUT2D eigenvalue weighted by Gasteiger charge is -2.34. The first-order valence-electron chi connectivity index (χ1n) is 8.85. The molecule has 2 aliphatic rings. The second-order valence-corrected chi connectivity index (χ2v) is 7.84. The molecule has 1 aromatic heterocycles. The van der Waals surface area contributed by atoms with Gasteiger partial charge in [0.1, 0.15) is 11.4 Å². The Morgan fingerprint density at radius 3 is 2.92 bits per heavy atom. The van der Waals surface area contributed by atoms with Crippen molar-refractivity contribution in [3.05, 3.63) is 23.3 Å². The van der Waals surface area contributed by atoms with Gasteiger partial charge in [-0.05, 0) is 40.5 Å². The fraction of sp³-hybridized carbons (Fsp3) is 0.722. The number of carbonyl (C=O) groups is 1. The number of hydrogen-bond donors (Lipinski definition) is 0. The highest BCUT2D eigenvalue weighted by Crippen LogP contribution is 2.24. The predicted molar refractivity (Wildman–Crippen MR) is 91.7 cm³/mol. The molecule has 1 atom stereocenters. The summed E-state index contributed by atoms with van der Waals surface area (Å²) >= 11 is 0. The number of fused-ring (bicyclic) bond motifs is 1. The van der Waals surface area contributed by atoms with Gasteiger partial charge in [-0.2, -0.15) is 0 Å². The number of likely N-dealkylation sites (tertiary alicyclic amines) is 1. The van der Waals surface area contributed by atoms with E-state index < -0.39 is 5.60 Å². The van der Waals surface area contributed by atoms with Gasteiger partial charge in [-0.3, -0.25) is 4.90 Å². The number of amides is 1. The van der Waals surface area contributed by atoms with Crippen molar-refractivity contribution in [3.63, 3.8) is 0 Å².